The zero-order chi connectivity index (χ0) is 14.7. The third-order valence-corrected chi connectivity index (χ3v) is 3.13. The smallest absolute Gasteiger partial charge is 0.240 e. The standard InChI is InChI=1S/C16H19N3O/c1-11(2)9-14-15(13-7-5-4-6-8-13)18-10-19(14)12(3)16(17)20/h4-10,12H,1-3H3,(H2,17,20)/t12-/m1/s1. The number of aromatic nitrogens is 2. The highest BCUT2D eigenvalue weighted by Crippen LogP contribution is 2.26. The number of carbonyl (C=O) groups is 1. The highest BCUT2D eigenvalue weighted by atomic mass is 16.1. The molecular formula is C16H19N3O. The summed E-state index contributed by atoms with van der Waals surface area (Å²) in [6.45, 7) is 5.81. The van der Waals surface area contributed by atoms with Gasteiger partial charge in [-0.1, -0.05) is 35.9 Å². The van der Waals surface area contributed by atoms with Gasteiger partial charge in [-0.05, 0) is 26.8 Å². The molecule has 0 aliphatic carbocycles. The molecule has 20 heavy (non-hydrogen) atoms. The quantitative estimate of drug-likeness (QED) is 0.927. The minimum absolute atomic E-state index is 0.370. The number of allylic oxidation sites excluding steroid dienone is 1. The number of imidazole rings is 1. The molecule has 2 aromatic rings. The van der Waals surface area contributed by atoms with E-state index in [4.69, 9.17) is 5.73 Å². The van der Waals surface area contributed by atoms with Crippen molar-refractivity contribution in [1.29, 1.82) is 0 Å². The molecule has 0 aliphatic rings. The highest BCUT2D eigenvalue weighted by Gasteiger charge is 2.18. The largest absolute Gasteiger partial charge is 0.368 e. The summed E-state index contributed by atoms with van der Waals surface area (Å²) in [6, 6.07) is 9.49. The van der Waals surface area contributed by atoms with Crippen molar-refractivity contribution in [2.24, 2.45) is 5.73 Å². The van der Waals surface area contributed by atoms with Gasteiger partial charge in [0.2, 0.25) is 5.91 Å². The average Bonchev–Trinajstić information content (AvgIpc) is 2.81. The number of nitrogens with two attached hydrogens (primary N) is 1. The first kappa shape index (κ1) is 14.1. The monoisotopic (exact) mass is 269 g/mol. The summed E-state index contributed by atoms with van der Waals surface area (Å²) >= 11 is 0. The molecule has 0 radical (unpaired) electrons. The molecular weight excluding hydrogens is 250 g/mol. The molecule has 1 aromatic heterocycles. The van der Waals surface area contributed by atoms with Crippen LogP contribution >= 0.6 is 0 Å². The molecule has 0 aliphatic heterocycles. The summed E-state index contributed by atoms with van der Waals surface area (Å²) in [7, 11) is 0. The lowest BCUT2D eigenvalue weighted by molar-refractivity contribution is -0.120. The second-order valence-electron chi connectivity index (χ2n) is 5.05. The molecule has 4 heteroatoms. The first-order valence-electron chi connectivity index (χ1n) is 6.57. The predicted molar refractivity (Wildman–Crippen MR) is 80.9 cm³/mol. The fourth-order valence-electron chi connectivity index (χ4n) is 2.05. The van der Waals surface area contributed by atoms with E-state index in [1.165, 1.54) is 0 Å². The Morgan fingerprint density at radius 3 is 2.50 bits per heavy atom. The predicted octanol–water partition coefficient (Wildman–Crippen LogP) is 3.02. The molecule has 1 amide bonds. The normalized spacial score (nSPS) is 11.9. The van der Waals surface area contributed by atoms with Crippen LogP contribution in [0.4, 0.5) is 0 Å². The summed E-state index contributed by atoms with van der Waals surface area (Å²) in [5.74, 6) is -0.370. The Labute approximate surface area is 118 Å². The third kappa shape index (κ3) is 2.79. The van der Waals surface area contributed by atoms with Crippen molar-refractivity contribution in [3.8, 4) is 11.3 Å². The van der Waals surface area contributed by atoms with E-state index in [0.717, 1.165) is 22.5 Å². The van der Waals surface area contributed by atoms with E-state index in [2.05, 4.69) is 4.98 Å². The van der Waals surface area contributed by atoms with Crippen LogP contribution in [0.15, 0.2) is 42.2 Å². The zero-order valence-electron chi connectivity index (χ0n) is 12.0. The highest BCUT2D eigenvalue weighted by molar-refractivity contribution is 5.79. The van der Waals surface area contributed by atoms with Gasteiger partial charge in [-0.2, -0.15) is 0 Å². The molecule has 1 heterocycles. The minimum atomic E-state index is -0.425. The van der Waals surface area contributed by atoms with Crippen LogP contribution in [0.25, 0.3) is 17.3 Å². The number of carbonyl (C=O) groups excluding carboxylic acids is 1. The molecule has 2 rings (SSSR count). The molecule has 104 valence electrons. The van der Waals surface area contributed by atoms with Gasteiger partial charge < -0.3 is 10.3 Å². The molecule has 0 saturated carbocycles. The van der Waals surface area contributed by atoms with Gasteiger partial charge in [0.05, 0.1) is 17.7 Å². The van der Waals surface area contributed by atoms with Gasteiger partial charge in [-0.25, -0.2) is 4.98 Å². The Bertz CT molecular complexity index is 637. The molecule has 4 nitrogen and oxygen atoms in total. The summed E-state index contributed by atoms with van der Waals surface area (Å²) in [6.07, 6.45) is 3.70. The summed E-state index contributed by atoms with van der Waals surface area (Å²) in [4.78, 5) is 15.9. The van der Waals surface area contributed by atoms with Crippen molar-refractivity contribution in [3.05, 3.63) is 47.9 Å². The first-order chi connectivity index (χ1) is 9.50. The van der Waals surface area contributed by atoms with Crippen molar-refractivity contribution in [3.63, 3.8) is 0 Å². The van der Waals surface area contributed by atoms with Crippen molar-refractivity contribution in [2.75, 3.05) is 0 Å². The molecule has 2 N–H and O–H groups in total. The van der Waals surface area contributed by atoms with E-state index in [-0.39, 0.29) is 5.91 Å². The van der Waals surface area contributed by atoms with Crippen molar-refractivity contribution >= 4 is 12.0 Å². The molecule has 1 aromatic carbocycles. The van der Waals surface area contributed by atoms with Crippen molar-refractivity contribution in [1.82, 2.24) is 9.55 Å². The number of benzene rings is 1. The number of primary amides is 1. The van der Waals surface area contributed by atoms with Crippen LogP contribution in [0.3, 0.4) is 0 Å². The van der Waals surface area contributed by atoms with Crippen molar-refractivity contribution in [2.45, 2.75) is 26.8 Å². The Hall–Kier alpha value is -2.36. The second-order valence-corrected chi connectivity index (χ2v) is 5.05. The fourth-order valence-corrected chi connectivity index (χ4v) is 2.05. The maximum atomic E-state index is 11.4. The van der Waals surface area contributed by atoms with Crippen LogP contribution in [0, 0.1) is 0 Å². The Kier molecular flexibility index (Phi) is 4.03. The fraction of sp³-hybridized carbons (Fsp3) is 0.250. The van der Waals surface area contributed by atoms with E-state index in [9.17, 15) is 4.79 Å². The third-order valence-electron chi connectivity index (χ3n) is 3.13. The lowest BCUT2D eigenvalue weighted by Gasteiger charge is -2.12. The SMILES string of the molecule is CC(C)=Cc1c(-c2ccccc2)ncn1[C@H](C)C(N)=O. The first-order valence-corrected chi connectivity index (χ1v) is 6.57. The molecule has 0 bridgehead atoms. The Morgan fingerprint density at radius 2 is 1.95 bits per heavy atom. The number of hydrogen-bond acceptors (Lipinski definition) is 2. The van der Waals surface area contributed by atoms with Crippen LogP contribution in [0.1, 0.15) is 32.5 Å². The van der Waals surface area contributed by atoms with Crippen molar-refractivity contribution < 1.29 is 4.79 Å². The van der Waals surface area contributed by atoms with E-state index in [1.807, 2.05) is 54.8 Å². The minimum Gasteiger partial charge on any atom is -0.368 e. The van der Waals surface area contributed by atoms with Crippen LogP contribution < -0.4 is 5.73 Å². The lowest BCUT2D eigenvalue weighted by Crippen LogP contribution is -2.24. The molecule has 0 spiro atoms. The lowest BCUT2D eigenvalue weighted by atomic mass is 10.1. The topological polar surface area (TPSA) is 60.9 Å². The Morgan fingerprint density at radius 1 is 1.30 bits per heavy atom. The van der Waals surface area contributed by atoms with Crippen LogP contribution in [-0.4, -0.2) is 15.5 Å². The average molecular weight is 269 g/mol. The van der Waals surface area contributed by atoms with Gasteiger partial charge in [0.1, 0.15) is 6.04 Å². The summed E-state index contributed by atoms with van der Waals surface area (Å²) in [5, 5.41) is 0. The molecule has 0 unspecified atom stereocenters. The van der Waals surface area contributed by atoms with E-state index < -0.39 is 6.04 Å². The zero-order valence-corrected chi connectivity index (χ0v) is 12.0. The van der Waals surface area contributed by atoms with Gasteiger partial charge in [-0.15, -0.1) is 0 Å². The maximum absolute atomic E-state index is 11.4. The summed E-state index contributed by atoms with van der Waals surface area (Å²) in [5.41, 5.74) is 9.34. The van der Waals surface area contributed by atoms with E-state index in [0.29, 0.717) is 0 Å². The van der Waals surface area contributed by atoms with Gasteiger partial charge in [0.25, 0.3) is 0 Å². The Balaban J connectivity index is 2.60. The van der Waals surface area contributed by atoms with E-state index >= 15 is 0 Å². The van der Waals surface area contributed by atoms with Crippen LogP contribution in [0.5, 0.6) is 0 Å². The molecule has 0 fully saturated rings. The van der Waals surface area contributed by atoms with E-state index in [1.54, 1.807) is 13.3 Å². The maximum Gasteiger partial charge on any atom is 0.240 e. The number of amides is 1. The van der Waals surface area contributed by atoms with Gasteiger partial charge in [-0.3, -0.25) is 4.79 Å². The summed E-state index contributed by atoms with van der Waals surface area (Å²) < 4.78 is 1.82. The van der Waals surface area contributed by atoms with Crippen LogP contribution in [-0.2, 0) is 4.79 Å². The molecule has 0 saturated heterocycles. The second kappa shape index (κ2) is 5.74. The number of nitrogens with zero attached hydrogens (tertiary/aromatic N) is 2. The van der Waals surface area contributed by atoms with Gasteiger partial charge in [0, 0.05) is 5.56 Å². The molecule has 1 atom stereocenters. The number of rotatable bonds is 4. The van der Waals surface area contributed by atoms with Gasteiger partial charge in [0.15, 0.2) is 0 Å². The van der Waals surface area contributed by atoms with Gasteiger partial charge >= 0.3 is 0 Å². The van der Waals surface area contributed by atoms with Crippen LogP contribution in [0.2, 0.25) is 0 Å². The number of hydrogen-bond donors (Lipinski definition) is 1.